The molecule has 1 amide bonds. The summed E-state index contributed by atoms with van der Waals surface area (Å²) in [5, 5.41) is 0.815. The van der Waals surface area contributed by atoms with E-state index in [1.54, 1.807) is 18.0 Å². The van der Waals surface area contributed by atoms with Crippen LogP contribution < -0.4 is 16.3 Å². The Bertz CT molecular complexity index is 1050. The Morgan fingerprint density at radius 3 is 2.52 bits per heavy atom. The molecule has 0 fully saturated rings. The van der Waals surface area contributed by atoms with Crippen LogP contribution in [0.15, 0.2) is 70.0 Å². The van der Waals surface area contributed by atoms with Crippen molar-refractivity contribution in [3.8, 4) is 11.1 Å². The van der Waals surface area contributed by atoms with Crippen molar-refractivity contribution < 1.29 is 9.21 Å². The predicted molar refractivity (Wildman–Crippen MR) is 99.4 cm³/mol. The fourth-order valence-corrected chi connectivity index (χ4v) is 2.78. The number of benzene rings is 2. The van der Waals surface area contributed by atoms with Gasteiger partial charge in [0.2, 0.25) is 0 Å². The lowest BCUT2D eigenvalue weighted by Crippen LogP contribution is -2.27. The predicted octanol–water partition coefficient (Wildman–Crippen LogP) is 3.20. The maximum Gasteiger partial charge on any atom is 0.336 e. The second-order valence-corrected chi connectivity index (χ2v) is 5.84. The first-order valence-electron chi connectivity index (χ1n) is 7.75. The Labute approximate surface area is 145 Å². The number of amides is 1. The highest BCUT2D eigenvalue weighted by Gasteiger charge is 2.14. The van der Waals surface area contributed by atoms with Crippen molar-refractivity contribution in [3.63, 3.8) is 0 Å². The first-order chi connectivity index (χ1) is 11.9. The summed E-state index contributed by atoms with van der Waals surface area (Å²) in [7, 11) is 1.68. The van der Waals surface area contributed by atoms with E-state index in [1.165, 1.54) is 6.07 Å². The number of nitrogens with zero attached hydrogens (tertiary/aromatic N) is 1. The number of carbonyl (C=O) groups is 1. The zero-order chi connectivity index (χ0) is 18.1. The molecule has 0 spiro atoms. The fourth-order valence-electron chi connectivity index (χ4n) is 2.78. The number of aryl methyl sites for hydroxylation is 1. The van der Waals surface area contributed by atoms with Crippen LogP contribution in [0.1, 0.15) is 5.56 Å². The van der Waals surface area contributed by atoms with E-state index in [0.29, 0.717) is 11.3 Å². The third kappa shape index (κ3) is 3.04. The molecule has 0 aliphatic carbocycles. The minimum absolute atomic E-state index is 0.150. The van der Waals surface area contributed by atoms with Gasteiger partial charge < -0.3 is 15.1 Å². The van der Waals surface area contributed by atoms with E-state index in [-0.39, 0.29) is 5.70 Å². The zero-order valence-electron chi connectivity index (χ0n) is 14.1. The summed E-state index contributed by atoms with van der Waals surface area (Å²) in [6.45, 7) is 5.66. The van der Waals surface area contributed by atoms with Crippen LogP contribution in [0.5, 0.6) is 0 Å². The Hall–Kier alpha value is -3.34. The number of hydrogen-bond donors (Lipinski definition) is 1. The summed E-state index contributed by atoms with van der Waals surface area (Å²) in [4.78, 5) is 24.9. The van der Waals surface area contributed by atoms with Gasteiger partial charge in [-0.3, -0.25) is 4.79 Å². The molecular weight excluding hydrogens is 316 g/mol. The van der Waals surface area contributed by atoms with Gasteiger partial charge in [0.1, 0.15) is 5.58 Å². The number of anilines is 1. The molecule has 5 nitrogen and oxygen atoms in total. The molecule has 3 rings (SSSR count). The number of fused-ring (bicyclic) bond motifs is 1. The number of carbonyl (C=O) groups excluding carboxylic acids is 1. The first kappa shape index (κ1) is 16.5. The van der Waals surface area contributed by atoms with Crippen LogP contribution in [0, 0.1) is 6.92 Å². The van der Waals surface area contributed by atoms with E-state index in [4.69, 9.17) is 10.2 Å². The molecule has 0 saturated heterocycles. The molecule has 2 aromatic carbocycles. The van der Waals surface area contributed by atoms with E-state index in [2.05, 4.69) is 6.58 Å². The monoisotopic (exact) mass is 334 g/mol. The normalized spacial score (nSPS) is 10.6. The molecule has 2 N–H and O–H groups in total. The second kappa shape index (κ2) is 6.28. The minimum Gasteiger partial charge on any atom is -0.423 e. The highest BCUT2D eigenvalue weighted by atomic mass is 16.4. The lowest BCUT2D eigenvalue weighted by atomic mass is 9.98. The number of nitrogens with two attached hydrogens (primary N) is 1. The van der Waals surface area contributed by atoms with Crippen LogP contribution in [0.4, 0.5) is 5.69 Å². The maximum absolute atomic E-state index is 12.0. The molecule has 25 heavy (non-hydrogen) atoms. The van der Waals surface area contributed by atoms with Gasteiger partial charge in [-0.2, -0.15) is 0 Å². The molecule has 126 valence electrons. The van der Waals surface area contributed by atoms with Gasteiger partial charge in [0.05, 0.1) is 5.70 Å². The smallest absolute Gasteiger partial charge is 0.336 e. The number of hydrogen-bond acceptors (Lipinski definition) is 4. The summed E-state index contributed by atoms with van der Waals surface area (Å²) < 4.78 is 5.37. The van der Waals surface area contributed by atoms with Crippen molar-refractivity contribution in [2.45, 2.75) is 6.92 Å². The van der Waals surface area contributed by atoms with Gasteiger partial charge in [0, 0.05) is 35.8 Å². The molecule has 0 unspecified atom stereocenters. The van der Waals surface area contributed by atoms with E-state index in [1.807, 2.05) is 43.3 Å². The molecular formula is C20H18N2O3. The van der Waals surface area contributed by atoms with Gasteiger partial charge in [-0.15, -0.1) is 0 Å². The summed E-state index contributed by atoms with van der Waals surface area (Å²) in [6, 6.07) is 14.7. The van der Waals surface area contributed by atoms with Crippen molar-refractivity contribution in [1.29, 1.82) is 0 Å². The van der Waals surface area contributed by atoms with Gasteiger partial charge in [0.25, 0.3) is 5.91 Å². The lowest BCUT2D eigenvalue weighted by Gasteiger charge is -2.20. The Kier molecular flexibility index (Phi) is 4.15. The lowest BCUT2D eigenvalue weighted by molar-refractivity contribution is -0.114. The van der Waals surface area contributed by atoms with Crippen LogP contribution in [-0.2, 0) is 4.79 Å². The zero-order valence-corrected chi connectivity index (χ0v) is 14.1. The molecule has 0 aliphatic heterocycles. The molecule has 0 radical (unpaired) electrons. The average molecular weight is 334 g/mol. The summed E-state index contributed by atoms with van der Waals surface area (Å²) in [5.41, 5.74) is 8.94. The summed E-state index contributed by atoms with van der Waals surface area (Å²) >= 11 is 0. The highest BCUT2D eigenvalue weighted by molar-refractivity contribution is 5.98. The molecule has 5 heteroatoms. The van der Waals surface area contributed by atoms with Crippen molar-refractivity contribution in [1.82, 2.24) is 0 Å². The SMILES string of the molecule is C=C(C(N)=O)N(C)c1ccc2c(-c3ccccc3C)cc(=O)oc2c1. The van der Waals surface area contributed by atoms with Gasteiger partial charge in [-0.25, -0.2) is 4.79 Å². The Balaban J connectivity index is 2.20. The number of rotatable bonds is 4. The third-order valence-electron chi connectivity index (χ3n) is 4.24. The quantitative estimate of drug-likeness (QED) is 0.587. The van der Waals surface area contributed by atoms with Crippen LogP contribution in [0.2, 0.25) is 0 Å². The van der Waals surface area contributed by atoms with Gasteiger partial charge in [-0.05, 0) is 30.2 Å². The van der Waals surface area contributed by atoms with Gasteiger partial charge >= 0.3 is 5.63 Å². The van der Waals surface area contributed by atoms with Crippen molar-refractivity contribution in [2.75, 3.05) is 11.9 Å². The first-order valence-corrected chi connectivity index (χ1v) is 7.75. The second-order valence-electron chi connectivity index (χ2n) is 5.84. The van der Waals surface area contributed by atoms with Gasteiger partial charge in [0.15, 0.2) is 0 Å². The fraction of sp³-hybridized carbons (Fsp3) is 0.100. The summed E-state index contributed by atoms with van der Waals surface area (Å²) in [6.07, 6.45) is 0. The molecule has 0 bridgehead atoms. The summed E-state index contributed by atoms with van der Waals surface area (Å²) in [5.74, 6) is -0.613. The molecule has 0 atom stereocenters. The van der Waals surface area contributed by atoms with Crippen LogP contribution in [0.3, 0.4) is 0 Å². The topological polar surface area (TPSA) is 76.5 Å². The third-order valence-corrected chi connectivity index (χ3v) is 4.24. The van der Waals surface area contributed by atoms with E-state index in [9.17, 15) is 9.59 Å². The van der Waals surface area contributed by atoms with Crippen molar-refractivity contribution in [3.05, 3.63) is 76.8 Å². The van der Waals surface area contributed by atoms with E-state index < -0.39 is 11.5 Å². The van der Waals surface area contributed by atoms with E-state index >= 15 is 0 Å². The Morgan fingerprint density at radius 1 is 1.12 bits per heavy atom. The van der Waals surface area contributed by atoms with Gasteiger partial charge in [-0.1, -0.05) is 30.8 Å². The van der Waals surface area contributed by atoms with Crippen LogP contribution in [0.25, 0.3) is 22.1 Å². The highest BCUT2D eigenvalue weighted by Crippen LogP contribution is 2.32. The van der Waals surface area contributed by atoms with Crippen molar-refractivity contribution in [2.24, 2.45) is 5.73 Å². The van der Waals surface area contributed by atoms with Crippen LogP contribution in [-0.4, -0.2) is 13.0 Å². The largest absolute Gasteiger partial charge is 0.423 e. The average Bonchev–Trinajstić information content (AvgIpc) is 2.59. The molecule has 1 heterocycles. The molecule has 0 aliphatic rings. The maximum atomic E-state index is 12.0. The number of likely N-dealkylation sites (N-methyl/N-ethyl adjacent to an activating group) is 1. The Morgan fingerprint density at radius 2 is 1.84 bits per heavy atom. The van der Waals surface area contributed by atoms with Crippen LogP contribution >= 0.6 is 0 Å². The molecule has 3 aromatic rings. The molecule has 0 saturated carbocycles. The van der Waals surface area contributed by atoms with E-state index in [0.717, 1.165) is 22.1 Å². The minimum atomic E-state index is -0.613. The molecule has 1 aromatic heterocycles. The van der Waals surface area contributed by atoms with Crippen molar-refractivity contribution >= 4 is 22.6 Å². The standard InChI is InChI=1S/C20H18N2O3/c1-12-6-4-5-7-15(12)17-11-19(23)25-18-10-14(8-9-16(17)18)22(3)13(2)20(21)24/h4-11H,2H2,1,3H3,(H2,21,24). The number of primary amides is 1.